The van der Waals surface area contributed by atoms with Crippen LogP contribution in [0.25, 0.3) is 0 Å². The molecule has 0 radical (unpaired) electrons. The van der Waals surface area contributed by atoms with Crippen LogP contribution >= 0.6 is 12.6 Å². The van der Waals surface area contributed by atoms with Crippen molar-refractivity contribution in [2.45, 2.75) is 6.42 Å². The zero-order valence-electron chi connectivity index (χ0n) is 5.22. The third-order valence-electron chi connectivity index (χ3n) is 1.77. The lowest BCUT2D eigenvalue weighted by atomic mass is 10.3. The molecule has 1 rings (SSSR count). The molecule has 48 valence electrons. The first-order chi connectivity index (χ1) is 3.88. The lowest BCUT2D eigenvalue weighted by molar-refractivity contribution is 0.676. The van der Waals surface area contributed by atoms with Crippen molar-refractivity contribution in [1.29, 1.82) is 0 Å². The van der Waals surface area contributed by atoms with Gasteiger partial charge in [0.25, 0.3) is 0 Å². The van der Waals surface area contributed by atoms with Gasteiger partial charge in [0.1, 0.15) is 0 Å². The fourth-order valence-corrected chi connectivity index (χ4v) is 1.49. The monoisotopic (exact) mass is 131 g/mol. The van der Waals surface area contributed by atoms with Gasteiger partial charge in [-0.25, -0.2) is 0 Å². The summed E-state index contributed by atoms with van der Waals surface area (Å²) in [6.07, 6.45) is 1.39. The molecule has 0 amide bonds. The molecule has 1 nitrogen and oxygen atoms in total. The number of hydrogen-bond donors (Lipinski definition) is 2. The third kappa shape index (κ3) is 1.39. The minimum Gasteiger partial charge on any atom is -0.319 e. The highest BCUT2D eigenvalue weighted by molar-refractivity contribution is 7.80. The average Bonchev–Trinajstić information content (AvgIpc) is 2.48. The molecule has 2 unspecified atom stereocenters. The van der Waals surface area contributed by atoms with Crippen LogP contribution in [0.15, 0.2) is 0 Å². The van der Waals surface area contributed by atoms with E-state index in [1.54, 1.807) is 0 Å². The summed E-state index contributed by atoms with van der Waals surface area (Å²) in [5.74, 6) is 2.94. The molecular formula is C6H13NS. The molecule has 1 fully saturated rings. The first kappa shape index (κ1) is 6.43. The zero-order chi connectivity index (χ0) is 5.98. The molecule has 0 spiro atoms. The summed E-state index contributed by atoms with van der Waals surface area (Å²) in [7, 11) is 2.01. The number of nitrogens with one attached hydrogen (secondary N) is 1. The number of thiol groups is 1. The minimum absolute atomic E-state index is 0.922. The second-order valence-corrected chi connectivity index (χ2v) is 2.86. The molecule has 0 heterocycles. The maximum atomic E-state index is 4.20. The molecular weight excluding hydrogens is 118 g/mol. The summed E-state index contributed by atoms with van der Waals surface area (Å²) < 4.78 is 0. The molecule has 0 aromatic carbocycles. The maximum absolute atomic E-state index is 4.20. The Labute approximate surface area is 56.3 Å². The highest BCUT2D eigenvalue weighted by Gasteiger charge is 2.34. The quantitative estimate of drug-likeness (QED) is 0.539. The van der Waals surface area contributed by atoms with Crippen molar-refractivity contribution in [2.75, 3.05) is 19.3 Å². The first-order valence-corrected chi connectivity index (χ1v) is 3.77. The summed E-state index contributed by atoms with van der Waals surface area (Å²) in [6.45, 7) is 1.19. The zero-order valence-corrected chi connectivity index (χ0v) is 6.12. The Bertz CT molecular complexity index is 74.9. The van der Waals surface area contributed by atoms with Gasteiger partial charge < -0.3 is 5.32 Å². The van der Waals surface area contributed by atoms with E-state index in [0.717, 1.165) is 17.6 Å². The minimum atomic E-state index is 0.922. The first-order valence-electron chi connectivity index (χ1n) is 3.14. The van der Waals surface area contributed by atoms with Gasteiger partial charge in [0.2, 0.25) is 0 Å². The van der Waals surface area contributed by atoms with Gasteiger partial charge in [0, 0.05) is 0 Å². The second kappa shape index (κ2) is 2.74. The molecule has 0 aromatic heterocycles. The molecule has 0 bridgehead atoms. The summed E-state index contributed by atoms with van der Waals surface area (Å²) >= 11 is 4.20. The Morgan fingerprint density at radius 2 is 2.38 bits per heavy atom. The summed E-state index contributed by atoms with van der Waals surface area (Å²) in [6, 6.07) is 0. The largest absolute Gasteiger partial charge is 0.319 e. The summed E-state index contributed by atoms with van der Waals surface area (Å²) in [5, 5.41) is 3.16. The second-order valence-electron chi connectivity index (χ2n) is 2.50. The predicted molar refractivity (Wildman–Crippen MR) is 39.4 cm³/mol. The molecule has 8 heavy (non-hydrogen) atoms. The van der Waals surface area contributed by atoms with Gasteiger partial charge in [-0.3, -0.25) is 0 Å². The molecule has 0 aromatic rings. The molecule has 0 aliphatic heterocycles. The van der Waals surface area contributed by atoms with E-state index in [4.69, 9.17) is 0 Å². The molecule has 1 aliphatic carbocycles. The van der Waals surface area contributed by atoms with Crippen LogP contribution in [0.1, 0.15) is 6.42 Å². The van der Waals surface area contributed by atoms with Crippen LogP contribution in [-0.2, 0) is 0 Å². The Balaban J connectivity index is 1.99. The van der Waals surface area contributed by atoms with E-state index in [9.17, 15) is 0 Å². The van der Waals surface area contributed by atoms with Gasteiger partial charge in [0.15, 0.2) is 0 Å². The lowest BCUT2D eigenvalue weighted by Crippen LogP contribution is -2.10. The smallest absolute Gasteiger partial charge is 0.00205 e. The fourth-order valence-electron chi connectivity index (χ4n) is 1.05. The Morgan fingerprint density at radius 1 is 1.62 bits per heavy atom. The molecule has 2 heteroatoms. The van der Waals surface area contributed by atoms with Crippen molar-refractivity contribution in [3.8, 4) is 0 Å². The molecule has 2 atom stereocenters. The van der Waals surface area contributed by atoms with Gasteiger partial charge in [-0.2, -0.15) is 12.6 Å². The van der Waals surface area contributed by atoms with Crippen LogP contribution < -0.4 is 5.32 Å². The van der Waals surface area contributed by atoms with Crippen LogP contribution in [-0.4, -0.2) is 19.3 Å². The predicted octanol–water partition coefficient (Wildman–Crippen LogP) is 0.772. The van der Waals surface area contributed by atoms with Crippen molar-refractivity contribution in [3.05, 3.63) is 0 Å². The van der Waals surface area contributed by atoms with Gasteiger partial charge in [0.05, 0.1) is 0 Å². The van der Waals surface area contributed by atoms with Crippen LogP contribution in [0.2, 0.25) is 0 Å². The highest BCUT2D eigenvalue weighted by atomic mass is 32.1. The molecule has 1 saturated carbocycles. The van der Waals surface area contributed by atoms with Crippen molar-refractivity contribution < 1.29 is 0 Å². The van der Waals surface area contributed by atoms with E-state index >= 15 is 0 Å². The van der Waals surface area contributed by atoms with Crippen molar-refractivity contribution in [3.63, 3.8) is 0 Å². The van der Waals surface area contributed by atoms with Crippen molar-refractivity contribution in [1.82, 2.24) is 5.32 Å². The van der Waals surface area contributed by atoms with Gasteiger partial charge in [-0.05, 0) is 37.6 Å². The van der Waals surface area contributed by atoms with Crippen LogP contribution in [0.5, 0.6) is 0 Å². The van der Waals surface area contributed by atoms with Gasteiger partial charge in [-0.1, -0.05) is 0 Å². The summed E-state index contributed by atoms with van der Waals surface area (Å²) in [5.41, 5.74) is 0. The van der Waals surface area contributed by atoms with Crippen LogP contribution in [0.3, 0.4) is 0 Å². The standard InChI is InChI=1S/C6H13NS/c1-7-3-5-2-6(5)4-8/h5-8H,2-4H2,1H3. The Morgan fingerprint density at radius 3 is 2.75 bits per heavy atom. The lowest BCUT2D eigenvalue weighted by Gasteiger charge is -1.92. The average molecular weight is 131 g/mol. The van der Waals surface area contributed by atoms with Gasteiger partial charge in [-0.15, -0.1) is 0 Å². The Kier molecular flexibility index (Phi) is 2.20. The van der Waals surface area contributed by atoms with E-state index in [-0.39, 0.29) is 0 Å². The van der Waals surface area contributed by atoms with E-state index in [1.165, 1.54) is 13.0 Å². The number of rotatable bonds is 3. The van der Waals surface area contributed by atoms with E-state index < -0.39 is 0 Å². The maximum Gasteiger partial charge on any atom is -0.00205 e. The van der Waals surface area contributed by atoms with Gasteiger partial charge >= 0.3 is 0 Å². The molecule has 1 N–H and O–H groups in total. The Hall–Kier alpha value is 0.310. The summed E-state index contributed by atoms with van der Waals surface area (Å²) in [4.78, 5) is 0. The van der Waals surface area contributed by atoms with E-state index in [0.29, 0.717) is 0 Å². The van der Waals surface area contributed by atoms with E-state index in [1.807, 2.05) is 7.05 Å². The number of hydrogen-bond acceptors (Lipinski definition) is 2. The van der Waals surface area contributed by atoms with Crippen LogP contribution in [0, 0.1) is 11.8 Å². The topological polar surface area (TPSA) is 12.0 Å². The van der Waals surface area contributed by atoms with Crippen molar-refractivity contribution >= 4 is 12.6 Å². The molecule has 0 saturated heterocycles. The highest BCUT2D eigenvalue weighted by Crippen LogP contribution is 2.38. The van der Waals surface area contributed by atoms with Crippen LogP contribution in [0.4, 0.5) is 0 Å². The van der Waals surface area contributed by atoms with E-state index in [2.05, 4.69) is 17.9 Å². The van der Waals surface area contributed by atoms with Crippen molar-refractivity contribution in [2.24, 2.45) is 11.8 Å². The molecule has 1 aliphatic rings. The normalized spacial score (nSPS) is 35.2. The SMILES string of the molecule is CNCC1CC1CS. The fraction of sp³-hybridized carbons (Fsp3) is 1.00. The third-order valence-corrected chi connectivity index (χ3v) is 2.24.